The molecule has 4 rings (SSSR count). The first-order chi connectivity index (χ1) is 15.2. The van der Waals surface area contributed by atoms with Crippen LogP contribution in [0.3, 0.4) is 0 Å². The molecule has 0 spiro atoms. The van der Waals surface area contributed by atoms with E-state index in [4.69, 9.17) is 26.3 Å². The summed E-state index contributed by atoms with van der Waals surface area (Å²) >= 11 is 6.21. The second-order valence-corrected chi connectivity index (χ2v) is 8.70. The number of hydrogen-bond acceptors (Lipinski definition) is 6. The standard InChI is InChI=1S/C22H13ClF2N2O4S/c23-17-2-1-3-18(25)21(17)20-15-9-6-13(10-19(15)30-22(27)16(20)11-26)31-32(28,29)14-7-4-12(24)5-8-14/h1-10,20H,27H2. The summed E-state index contributed by atoms with van der Waals surface area (Å²) in [6, 6.07) is 14.1. The average Bonchev–Trinajstić information content (AvgIpc) is 2.73. The van der Waals surface area contributed by atoms with Gasteiger partial charge in [0.2, 0.25) is 5.88 Å². The second kappa shape index (κ2) is 8.15. The lowest BCUT2D eigenvalue weighted by atomic mass is 9.83. The third-order valence-corrected chi connectivity index (χ3v) is 6.38. The van der Waals surface area contributed by atoms with E-state index in [-0.39, 0.29) is 38.4 Å². The van der Waals surface area contributed by atoms with Crippen molar-refractivity contribution in [2.75, 3.05) is 0 Å². The van der Waals surface area contributed by atoms with E-state index in [1.165, 1.54) is 36.4 Å². The Kier molecular flexibility index (Phi) is 5.50. The van der Waals surface area contributed by atoms with Crippen molar-refractivity contribution < 1.29 is 26.1 Å². The maximum Gasteiger partial charge on any atom is 0.339 e. The molecule has 10 heteroatoms. The van der Waals surface area contributed by atoms with Crippen LogP contribution in [0.1, 0.15) is 17.0 Å². The molecule has 3 aromatic carbocycles. The minimum absolute atomic E-state index is 0.0332. The minimum atomic E-state index is -4.26. The predicted molar refractivity (Wildman–Crippen MR) is 111 cm³/mol. The zero-order valence-electron chi connectivity index (χ0n) is 16.1. The molecule has 0 radical (unpaired) electrons. The number of allylic oxidation sites excluding steroid dienone is 1. The molecule has 1 aliphatic rings. The van der Waals surface area contributed by atoms with Crippen LogP contribution in [0, 0.1) is 23.0 Å². The topological polar surface area (TPSA) is 102 Å². The molecular weight excluding hydrogens is 462 g/mol. The summed E-state index contributed by atoms with van der Waals surface area (Å²) in [6.07, 6.45) is 0. The van der Waals surface area contributed by atoms with Crippen LogP contribution in [0.5, 0.6) is 11.5 Å². The minimum Gasteiger partial charge on any atom is -0.440 e. The van der Waals surface area contributed by atoms with Gasteiger partial charge in [0.15, 0.2) is 0 Å². The first-order valence-corrected chi connectivity index (χ1v) is 10.9. The van der Waals surface area contributed by atoms with Crippen molar-refractivity contribution in [1.82, 2.24) is 0 Å². The van der Waals surface area contributed by atoms with Crippen LogP contribution in [-0.4, -0.2) is 8.42 Å². The zero-order chi connectivity index (χ0) is 23.0. The normalized spacial score (nSPS) is 15.5. The predicted octanol–water partition coefficient (Wildman–Crippen LogP) is 4.60. The van der Waals surface area contributed by atoms with Gasteiger partial charge in [0.25, 0.3) is 0 Å². The summed E-state index contributed by atoms with van der Waals surface area (Å²) in [5.41, 5.74) is 6.22. The van der Waals surface area contributed by atoms with Crippen molar-refractivity contribution in [2.24, 2.45) is 5.73 Å². The molecule has 32 heavy (non-hydrogen) atoms. The number of nitrogens with zero attached hydrogens (tertiary/aromatic N) is 1. The molecule has 2 N–H and O–H groups in total. The Morgan fingerprint density at radius 3 is 2.47 bits per heavy atom. The molecule has 0 bridgehead atoms. The van der Waals surface area contributed by atoms with Gasteiger partial charge in [0, 0.05) is 22.2 Å². The van der Waals surface area contributed by atoms with Crippen molar-refractivity contribution in [1.29, 1.82) is 5.26 Å². The highest BCUT2D eigenvalue weighted by Gasteiger charge is 2.34. The molecule has 1 atom stereocenters. The van der Waals surface area contributed by atoms with E-state index >= 15 is 0 Å². The Hall–Kier alpha value is -3.61. The summed E-state index contributed by atoms with van der Waals surface area (Å²) in [4.78, 5) is -0.250. The molecule has 6 nitrogen and oxygen atoms in total. The molecule has 1 aliphatic heterocycles. The van der Waals surface area contributed by atoms with E-state index in [1.54, 1.807) is 0 Å². The highest BCUT2D eigenvalue weighted by atomic mass is 35.5. The van der Waals surface area contributed by atoms with Gasteiger partial charge in [-0.2, -0.15) is 13.7 Å². The Morgan fingerprint density at radius 1 is 1.09 bits per heavy atom. The van der Waals surface area contributed by atoms with Crippen molar-refractivity contribution in [3.63, 3.8) is 0 Å². The van der Waals surface area contributed by atoms with Gasteiger partial charge in [0.05, 0.1) is 5.92 Å². The molecule has 0 amide bonds. The Balaban J connectivity index is 1.77. The first kappa shape index (κ1) is 21.6. The molecule has 3 aromatic rings. The number of rotatable bonds is 4. The van der Waals surface area contributed by atoms with Crippen LogP contribution >= 0.6 is 11.6 Å². The van der Waals surface area contributed by atoms with Gasteiger partial charge < -0.3 is 14.7 Å². The smallest absolute Gasteiger partial charge is 0.339 e. The highest BCUT2D eigenvalue weighted by molar-refractivity contribution is 7.87. The summed E-state index contributed by atoms with van der Waals surface area (Å²) in [6.45, 7) is 0. The second-order valence-electron chi connectivity index (χ2n) is 6.75. The van der Waals surface area contributed by atoms with E-state index in [0.717, 1.165) is 24.3 Å². The van der Waals surface area contributed by atoms with Crippen LogP contribution in [0.2, 0.25) is 5.02 Å². The monoisotopic (exact) mass is 474 g/mol. The largest absolute Gasteiger partial charge is 0.440 e. The number of nitriles is 1. The van der Waals surface area contributed by atoms with Gasteiger partial charge in [-0.05, 0) is 42.5 Å². The molecule has 162 valence electrons. The number of ether oxygens (including phenoxy) is 1. The molecule has 1 heterocycles. The van der Waals surface area contributed by atoms with E-state index in [2.05, 4.69) is 0 Å². The van der Waals surface area contributed by atoms with Gasteiger partial charge >= 0.3 is 10.1 Å². The van der Waals surface area contributed by atoms with Crippen LogP contribution in [0.4, 0.5) is 8.78 Å². The maximum absolute atomic E-state index is 14.7. The Bertz CT molecular complexity index is 1380. The van der Waals surface area contributed by atoms with Gasteiger partial charge in [-0.3, -0.25) is 0 Å². The molecule has 0 fully saturated rings. The fraction of sp³-hybridized carbons (Fsp3) is 0.0455. The molecule has 0 aliphatic carbocycles. The van der Waals surface area contributed by atoms with Crippen LogP contribution in [0.25, 0.3) is 0 Å². The van der Waals surface area contributed by atoms with Gasteiger partial charge in [0.1, 0.15) is 39.7 Å². The summed E-state index contributed by atoms with van der Waals surface area (Å²) < 4.78 is 63.3. The molecule has 0 saturated heterocycles. The Labute approximate surface area is 187 Å². The molecule has 1 unspecified atom stereocenters. The molecule has 0 aromatic heterocycles. The van der Waals surface area contributed by atoms with E-state index in [0.29, 0.717) is 5.56 Å². The number of benzene rings is 3. The fourth-order valence-corrected chi connectivity index (χ4v) is 4.54. The van der Waals surface area contributed by atoms with E-state index in [9.17, 15) is 22.5 Å². The number of halogens is 3. The van der Waals surface area contributed by atoms with Crippen molar-refractivity contribution in [3.05, 3.63) is 99.9 Å². The number of nitrogens with two attached hydrogens (primary N) is 1. The van der Waals surface area contributed by atoms with Crippen molar-refractivity contribution >= 4 is 21.7 Å². The molecule has 0 saturated carbocycles. The zero-order valence-corrected chi connectivity index (χ0v) is 17.6. The summed E-state index contributed by atoms with van der Waals surface area (Å²) in [5.74, 6) is -2.55. The van der Waals surface area contributed by atoms with Gasteiger partial charge in [-0.15, -0.1) is 0 Å². The lowest BCUT2D eigenvalue weighted by Gasteiger charge is -2.27. The summed E-state index contributed by atoms with van der Waals surface area (Å²) in [7, 11) is -4.26. The average molecular weight is 475 g/mol. The SMILES string of the molecule is N#CC1=C(N)Oc2cc(OS(=O)(=O)c3ccc(F)cc3)ccc2C1c1c(F)cccc1Cl. The van der Waals surface area contributed by atoms with Crippen LogP contribution in [0.15, 0.2) is 77.0 Å². The van der Waals surface area contributed by atoms with Gasteiger partial charge in [-0.1, -0.05) is 23.7 Å². The number of fused-ring (bicyclic) bond motifs is 1. The highest BCUT2D eigenvalue weighted by Crippen LogP contribution is 2.46. The lowest BCUT2D eigenvalue weighted by molar-refractivity contribution is 0.390. The van der Waals surface area contributed by atoms with Crippen LogP contribution in [-0.2, 0) is 10.1 Å². The van der Waals surface area contributed by atoms with Crippen LogP contribution < -0.4 is 14.7 Å². The third kappa shape index (κ3) is 3.86. The van der Waals surface area contributed by atoms with Crippen molar-refractivity contribution in [2.45, 2.75) is 10.8 Å². The maximum atomic E-state index is 14.7. The van der Waals surface area contributed by atoms with Gasteiger partial charge in [-0.25, -0.2) is 8.78 Å². The Morgan fingerprint density at radius 2 is 1.81 bits per heavy atom. The quantitative estimate of drug-likeness (QED) is 0.554. The van der Waals surface area contributed by atoms with Crippen molar-refractivity contribution in [3.8, 4) is 17.6 Å². The fourth-order valence-electron chi connectivity index (χ4n) is 3.35. The molecular formula is C22H13ClF2N2O4S. The van der Waals surface area contributed by atoms with E-state index in [1.807, 2.05) is 6.07 Å². The summed E-state index contributed by atoms with van der Waals surface area (Å²) in [5, 5.41) is 9.68. The first-order valence-electron chi connectivity index (χ1n) is 9.07. The number of hydrogen-bond donors (Lipinski definition) is 1. The van der Waals surface area contributed by atoms with E-state index < -0.39 is 27.7 Å². The lowest BCUT2D eigenvalue weighted by Crippen LogP contribution is -2.22. The third-order valence-electron chi connectivity index (χ3n) is 4.79.